The van der Waals surface area contributed by atoms with Gasteiger partial charge < -0.3 is 10.5 Å². The molecule has 0 aliphatic rings. The van der Waals surface area contributed by atoms with Crippen molar-refractivity contribution in [1.29, 1.82) is 0 Å². The summed E-state index contributed by atoms with van der Waals surface area (Å²) in [6, 6.07) is 0.538. The molecule has 116 valence electrons. The Kier molecular flexibility index (Phi) is 14.2. The van der Waals surface area contributed by atoms with Crippen LogP contribution in [0.4, 0.5) is 0 Å². The van der Waals surface area contributed by atoms with Crippen molar-refractivity contribution in [1.82, 2.24) is 4.90 Å². The van der Waals surface area contributed by atoms with Gasteiger partial charge in [-0.1, -0.05) is 58.8 Å². The molecule has 0 aromatic carbocycles. The highest BCUT2D eigenvalue weighted by molar-refractivity contribution is 4.71. The second-order valence-electron chi connectivity index (χ2n) is 5.42. The predicted molar refractivity (Wildman–Crippen MR) is 84.6 cm³/mol. The van der Waals surface area contributed by atoms with Gasteiger partial charge >= 0.3 is 0 Å². The number of nitrogens with two attached hydrogens (primary N) is 1. The highest BCUT2D eigenvalue weighted by atomic mass is 16.5. The number of hydrogen-bond donors (Lipinski definition) is 1. The first-order valence-corrected chi connectivity index (χ1v) is 8.23. The van der Waals surface area contributed by atoms with Crippen molar-refractivity contribution in [3.63, 3.8) is 0 Å². The minimum atomic E-state index is 0.538. The van der Waals surface area contributed by atoms with Crippen LogP contribution in [0.3, 0.4) is 0 Å². The molecule has 0 aromatic heterocycles. The van der Waals surface area contributed by atoms with Crippen LogP contribution >= 0.6 is 0 Å². The van der Waals surface area contributed by atoms with Crippen LogP contribution in [0.5, 0.6) is 0 Å². The van der Waals surface area contributed by atoms with E-state index >= 15 is 0 Å². The Bertz CT molecular complexity index is 176. The van der Waals surface area contributed by atoms with Crippen molar-refractivity contribution in [2.75, 3.05) is 33.4 Å². The van der Waals surface area contributed by atoms with Gasteiger partial charge in [0.15, 0.2) is 0 Å². The van der Waals surface area contributed by atoms with Crippen LogP contribution in [-0.2, 0) is 4.74 Å². The molecule has 0 aliphatic carbocycles. The van der Waals surface area contributed by atoms with Crippen LogP contribution in [0.1, 0.15) is 65.2 Å². The lowest BCUT2D eigenvalue weighted by molar-refractivity contribution is 0.121. The number of ether oxygens (including phenoxy) is 1. The molecule has 2 N–H and O–H groups in total. The van der Waals surface area contributed by atoms with Crippen LogP contribution in [0.2, 0.25) is 0 Å². The SMILES string of the molecule is CCCCCCCCCC(CN)N(CC)CCOC. The fraction of sp³-hybridized carbons (Fsp3) is 1.00. The van der Waals surface area contributed by atoms with Gasteiger partial charge in [0.1, 0.15) is 0 Å². The van der Waals surface area contributed by atoms with E-state index in [9.17, 15) is 0 Å². The van der Waals surface area contributed by atoms with Crippen LogP contribution in [0, 0.1) is 0 Å². The molecule has 19 heavy (non-hydrogen) atoms. The quantitative estimate of drug-likeness (QED) is 0.492. The van der Waals surface area contributed by atoms with Gasteiger partial charge in [0.05, 0.1) is 6.61 Å². The van der Waals surface area contributed by atoms with E-state index in [1.165, 1.54) is 51.4 Å². The van der Waals surface area contributed by atoms with Gasteiger partial charge in [-0.25, -0.2) is 0 Å². The first-order chi connectivity index (χ1) is 9.29. The average Bonchev–Trinajstić information content (AvgIpc) is 2.44. The molecule has 3 nitrogen and oxygen atoms in total. The van der Waals surface area contributed by atoms with E-state index in [-0.39, 0.29) is 0 Å². The number of rotatable bonds is 14. The Morgan fingerprint density at radius 2 is 1.63 bits per heavy atom. The molecule has 0 saturated carbocycles. The highest BCUT2D eigenvalue weighted by Gasteiger charge is 2.14. The molecule has 0 fully saturated rings. The maximum Gasteiger partial charge on any atom is 0.0589 e. The Labute approximate surface area is 120 Å². The third-order valence-corrected chi connectivity index (χ3v) is 3.92. The molecule has 0 rings (SSSR count). The van der Waals surface area contributed by atoms with Gasteiger partial charge in [-0.3, -0.25) is 4.90 Å². The van der Waals surface area contributed by atoms with Gasteiger partial charge in [-0.05, 0) is 13.0 Å². The van der Waals surface area contributed by atoms with Crippen molar-refractivity contribution in [3.05, 3.63) is 0 Å². The largest absolute Gasteiger partial charge is 0.383 e. The molecule has 0 radical (unpaired) electrons. The summed E-state index contributed by atoms with van der Waals surface area (Å²) in [5.41, 5.74) is 5.92. The maximum atomic E-state index is 5.92. The fourth-order valence-electron chi connectivity index (χ4n) is 2.59. The predicted octanol–water partition coefficient (Wildman–Crippen LogP) is 3.42. The Morgan fingerprint density at radius 3 is 2.16 bits per heavy atom. The number of methoxy groups -OCH3 is 1. The lowest BCUT2D eigenvalue weighted by atomic mass is 10.0. The van der Waals surface area contributed by atoms with Crippen LogP contribution in [0.15, 0.2) is 0 Å². The summed E-state index contributed by atoms with van der Waals surface area (Å²) in [7, 11) is 1.77. The summed E-state index contributed by atoms with van der Waals surface area (Å²) in [6.45, 7) is 8.14. The first-order valence-electron chi connectivity index (χ1n) is 8.23. The van der Waals surface area contributed by atoms with Gasteiger partial charge in [-0.2, -0.15) is 0 Å². The second-order valence-corrected chi connectivity index (χ2v) is 5.42. The molecule has 0 bridgehead atoms. The third-order valence-electron chi connectivity index (χ3n) is 3.92. The summed E-state index contributed by atoms with van der Waals surface area (Å²) >= 11 is 0. The van der Waals surface area contributed by atoms with E-state index < -0.39 is 0 Å². The topological polar surface area (TPSA) is 38.5 Å². The lowest BCUT2D eigenvalue weighted by Gasteiger charge is -2.29. The minimum absolute atomic E-state index is 0.538. The van der Waals surface area contributed by atoms with Gasteiger partial charge in [-0.15, -0.1) is 0 Å². The molecule has 0 heterocycles. The second kappa shape index (κ2) is 14.3. The normalized spacial score (nSPS) is 13.1. The summed E-state index contributed by atoms with van der Waals surface area (Å²) in [5.74, 6) is 0. The number of hydrogen-bond acceptors (Lipinski definition) is 3. The zero-order valence-electron chi connectivity index (χ0n) is 13.5. The first kappa shape index (κ1) is 18.9. The maximum absolute atomic E-state index is 5.92. The Balaban J connectivity index is 3.66. The summed E-state index contributed by atoms with van der Waals surface area (Å²) in [6.07, 6.45) is 10.9. The number of likely N-dealkylation sites (N-methyl/N-ethyl adjacent to an activating group) is 1. The number of unbranched alkanes of at least 4 members (excludes halogenated alkanes) is 6. The molecule has 0 aliphatic heterocycles. The van der Waals surface area contributed by atoms with Crippen LogP contribution in [-0.4, -0.2) is 44.3 Å². The van der Waals surface area contributed by atoms with Crippen molar-refractivity contribution in [2.45, 2.75) is 71.3 Å². The zero-order valence-corrected chi connectivity index (χ0v) is 13.5. The van der Waals surface area contributed by atoms with Crippen LogP contribution < -0.4 is 5.73 Å². The smallest absolute Gasteiger partial charge is 0.0589 e. The number of nitrogens with zero attached hydrogens (tertiary/aromatic N) is 1. The van der Waals surface area contributed by atoms with Crippen molar-refractivity contribution in [3.8, 4) is 0 Å². The molecule has 3 heteroatoms. The van der Waals surface area contributed by atoms with Crippen molar-refractivity contribution < 1.29 is 4.74 Å². The van der Waals surface area contributed by atoms with Gasteiger partial charge in [0.2, 0.25) is 0 Å². The van der Waals surface area contributed by atoms with E-state index in [0.29, 0.717) is 6.04 Å². The molecule has 0 aromatic rings. The molecule has 1 unspecified atom stereocenters. The summed E-state index contributed by atoms with van der Waals surface area (Å²) in [4.78, 5) is 2.46. The molecule has 0 saturated heterocycles. The van der Waals surface area contributed by atoms with E-state index in [1.807, 2.05) is 0 Å². The van der Waals surface area contributed by atoms with Gasteiger partial charge in [0.25, 0.3) is 0 Å². The summed E-state index contributed by atoms with van der Waals surface area (Å²) < 4.78 is 5.17. The minimum Gasteiger partial charge on any atom is -0.383 e. The third kappa shape index (κ3) is 10.3. The van der Waals surface area contributed by atoms with Crippen LogP contribution in [0.25, 0.3) is 0 Å². The molecule has 0 spiro atoms. The molecule has 0 amide bonds. The molecular weight excluding hydrogens is 236 g/mol. The van der Waals surface area contributed by atoms with Crippen molar-refractivity contribution >= 4 is 0 Å². The Morgan fingerprint density at radius 1 is 1.00 bits per heavy atom. The van der Waals surface area contributed by atoms with Crippen molar-refractivity contribution in [2.24, 2.45) is 5.73 Å². The molecular formula is C16H36N2O. The lowest BCUT2D eigenvalue weighted by Crippen LogP contribution is -2.42. The van der Waals surface area contributed by atoms with E-state index in [0.717, 1.165) is 26.2 Å². The van der Waals surface area contributed by atoms with E-state index in [1.54, 1.807) is 7.11 Å². The zero-order chi connectivity index (χ0) is 14.3. The Hall–Kier alpha value is -0.120. The summed E-state index contributed by atoms with van der Waals surface area (Å²) in [5, 5.41) is 0. The molecule has 1 atom stereocenters. The standard InChI is InChI=1S/C16H36N2O/c1-4-6-7-8-9-10-11-12-16(15-17)18(5-2)13-14-19-3/h16H,4-15,17H2,1-3H3. The monoisotopic (exact) mass is 272 g/mol. The highest BCUT2D eigenvalue weighted by Crippen LogP contribution is 2.12. The van der Waals surface area contributed by atoms with E-state index in [4.69, 9.17) is 10.5 Å². The van der Waals surface area contributed by atoms with E-state index in [2.05, 4.69) is 18.7 Å². The van der Waals surface area contributed by atoms with Gasteiger partial charge in [0, 0.05) is 26.2 Å². The average molecular weight is 272 g/mol. The fourth-order valence-corrected chi connectivity index (χ4v) is 2.59.